The highest BCUT2D eigenvalue weighted by molar-refractivity contribution is 7.91. The van der Waals surface area contributed by atoms with Crippen LogP contribution in [0.3, 0.4) is 0 Å². The number of aromatic nitrogens is 2. The van der Waals surface area contributed by atoms with Crippen LogP contribution in [0.5, 0.6) is 11.5 Å². The van der Waals surface area contributed by atoms with Gasteiger partial charge in [0.25, 0.3) is 5.91 Å². The topological polar surface area (TPSA) is 157 Å². The molecule has 3 amide bonds. The number of thiazole rings is 1. The Labute approximate surface area is 316 Å². The van der Waals surface area contributed by atoms with Crippen molar-refractivity contribution in [1.29, 1.82) is 0 Å². The van der Waals surface area contributed by atoms with Gasteiger partial charge in [-0.25, -0.2) is 18.4 Å². The first kappa shape index (κ1) is 38.7. The molecule has 1 aromatic carbocycles. The van der Waals surface area contributed by atoms with E-state index < -0.39 is 32.6 Å². The average Bonchev–Trinajstić information content (AvgIpc) is 4.00. The lowest BCUT2D eigenvalue weighted by Crippen LogP contribution is -2.53. The fourth-order valence-electron chi connectivity index (χ4n) is 7.10. The predicted octanol–water partition coefficient (Wildman–Crippen LogP) is 5.90. The van der Waals surface area contributed by atoms with Gasteiger partial charge in [-0.15, -0.1) is 11.3 Å². The number of methoxy groups -OCH3 is 1. The van der Waals surface area contributed by atoms with Crippen molar-refractivity contribution >= 4 is 50.5 Å². The van der Waals surface area contributed by atoms with Crippen LogP contribution in [-0.2, 0) is 30.8 Å². The van der Waals surface area contributed by atoms with E-state index in [0.717, 1.165) is 64.3 Å². The van der Waals surface area contributed by atoms with Gasteiger partial charge in [0.1, 0.15) is 27.7 Å². The zero-order chi connectivity index (χ0) is 37.9. The third-order valence-electron chi connectivity index (χ3n) is 10.6. The smallest absolute Gasteiger partial charge is 0.259 e. The van der Waals surface area contributed by atoms with Gasteiger partial charge in [-0.05, 0) is 82.3 Å². The number of allylic oxidation sites excluding steroid dienone is 1. The molecule has 3 saturated carbocycles. The molecular formula is C39H51N5O7S2. The van der Waals surface area contributed by atoms with E-state index in [4.69, 9.17) is 19.4 Å². The SMILES string of the molecule is CCc1c(OC)ccc2c(O[C@H]3CC[C@H](C(=O)N[C@]4(C(=O)NS(=O)(=O)C5CC5)C[C@H]4/C=C\CCCCN(C)C=O)C3)cc(-c3nc(C(C)C)cs3)nc12. The summed E-state index contributed by atoms with van der Waals surface area (Å²) in [5.74, 6) is 0.0364. The molecule has 2 N–H and O–H groups in total. The number of aryl methyl sites for hydroxylation is 1. The number of amides is 3. The number of benzene rings is 1. The minimum Gasteiger partial charge on any atom is -0.496 e. The van der Waals surface area contributed by atoms with Crippen molar-refractivity contribution in [1.82, 2.24) is 24.9 Å². The van der Waals surface area contributed by atoms with Crippen molar-refractivity contribution in [3.63, 3.8) is 0 Å². The van der Waals surface area contributed by atoms with Crippen LogP contribution in [0.4, 0.5) is 0 Å². The fourth-order valence-corrected chi connectivity index (χ4v) is 9.40. The number of carbonyl (C=O) groups is 3. The molecule has 0 saturated heterocycles. The van der Waals surface area contributed by atoms with E-state index in [-0.39, 0.29) is 23.8 Å². The van der Waals surface area contributed by atoms with E-state index >= 15 is 0 Å². The molecule has 2 aromatic heterocycles. The van der Waals surface area contributed by atoms with Crippen molar-refractivity contribution < 1.29 is 32.3 Å². The first-order valence-electron chi connectivity index (χ1n) is 18.7. The summed E-state index contributed by atoms with van der Waals surface area (Å²) < 4.78 is 40.2. The number of nitrogens with one attached hydrogen (secondary N) is 2. The number of pyridine rings is 1. The van der Waals surface area contributed by atoms with E-state index in [1.165, 1.54) is 0 Å². The Kier molecular flexibility index (Phi) is 11.8. The summed E-state index contributed by atoms with van der Waals surface area (Å²) in [6, 6.07) is 5.83. The first-order chi connectivity index (χ1) is 25.4. The highest BCUT2D eigenvalue weighted by Gasteiger charge is 2.61. The predicted molar refractivity (Wildman–Crippen MR) is 205 cm³/mol. The highest BCUT2D eigenvalue weighted by Crippen LogP contribution is 2.47. The van der Waals surface area contributed by atoms with Crippen molar-refractivity contribution in [2.45, 2.75) is 108 Å². The molecule has 0 aliphatic heterocycles. The normalized spacial score (nSPS) is 22.6. The average molecular weight is 766 g/mol. The third-order valence-corrected chi connectivity index (χ3v) is 13.3. The molecular weight excluding hydrogens is 715 g/mol. The van der Waals surface area contributed by atoms with Gasteiger partial charge in [0.15, 0.2) is 0 Å². The van der Waals surface area contributed by atoms with Crippen molar-refractivity contribution in [2.24, 2.45) is 11.8 Å². The van der Waals surface area contributed by atoms with Crippen LogP contribution in [0.25, 0.3) is 21.6 Å². The summed E-state index contributed by atoms with van der Waals surface area (Å²) >= 11 is 1.55. The summed E-state index contributed by atoms with van der Waals surface area (Å²) in [6.45, 7) is 6.95. The number of unbranched alkanes of at least 4 members (excludes halogenated alkanes) is 2. The molecule has 0 spiro atoms. The zero-order valence-corrected chi connectivity index (χ0v) is 32.9. The van der Waals surface area contributed by atoms with E-state index in [0.29, 0.717) is 57.2 Å². The van der Waals surface area contributed by atoms with Gasteiger partial charge >= 0.3 is 0 Å². The highest BCUT2D eigenvalue weighted by atomic mass is 32.2. The number of sulfonamides is 1. The molecule has 3 aromatic rings. The summed E-state index contributed by atoms with van der Waals surface area (Å²) in [5, 5.41) is 6.16. The Hall–Kier alpha value is -4.04. The summed E-state index contributed by atoms with van der Waals surface area (Å²) in [5.41, 5.74) is 2.18. The minimum absolute atomic E-state index is 0.257. The third kappa shape index (κ3) is 8.69. The number of hydrogen-bond acceptors (Lipinski definition) is 10. The molecule has 0 bridgehead atoms. The molecule has 53 heavy (non-hydrogen) atoms. The van der Waals surface area contributed by atoms with Crippen LogP contribution in [0.15, 0.2) is 35.7 Å². The molecule has 0 unspecified atom stereocenters. The van der Waals surface area contributed by atoms with Gasteiger partial charge in [0.05, 0.1) is 29.7 Å². The van der Waals surface area contributed by atoms with Gasteiger partial charge in [-0.1, -0.05) is 32.9 Å². The fraction of sp³-hybridized carbons (Fsp3) is 0.564. The molecule has 4 atom stereocenters. The Morgan fingerprint density at radius 1 is 1.13 bits per heavy atom. The minimum atomic E-state index is -3.79. The molecule has 12 nitrogen and oxygen atoms in total. The standard InChI is InChI=1S/C39H51N5O7S2/c1-6-29-33(50-5)17-16-30-34(20-31(40-35(29)30)37-41-32(22-52-37)24(2)3)51-27-13-12-25(19-27)36(46)42-39(38(47)43-53(48,49)28-14-15-28)21-26(39)11-9-7-8-10-18-44(4)23-45/h9,11,16-17,20,22-28H,6-8,10,12-15,18-19,21H2,1-5H3,(H,42,46)(H,43,47)/b11-9-/t25-,26+,27-,39+/m0/s1. The van der Waals surface area contributed by atoms with E-state index in [1.807, 2.05) is 30.4 Å². The van der Waals surface area contributed by atoms with Gasteiger partial charge in [0, 0.05) is 47.8 Å². The van der Waals surface area contributed by atoms with Crippen molar-refractivity contribution in [3.8, 4) is 22.2 Å². The van der Waals surface area contributed by atoms with Crippen molar-refractivity contribution in [3.05, 3.63) is 47.0 Å². The largest absolute Gasteiger partial charge is 0.496 e. The number of carbonyl (C=O) groups excluding carboxylic acids is 3. The maximum Gasteiger partial charge on any atom is 0.259 e. The number of fused-ring (bicyclic) bond motifs is 1. The van der Waals surface area contributed by atoms with Crippen molar-refractivity contribution in [2.75, 3.05) is 20.7 Å². The zero-order valence-electron chi connectivity index (χ0n) is 31.2. The number of nitrogens with zero attached hydrogens (tertiary/aromatic N) is 3. The second-order valence-electron chi connectivity index (χ2n) is 14.9. The van der Waals surface area contributed by atoms with Crippen LogP contribution in [-0.4, -0.2) is 79.1 Å². The van der Waals surface area contributed by atoms with Gasteiger partial charge in [-0.3, -0.25) is 19.1 Å². The van der Waals surface area contributed by atoms with Gasteiger partial charge < -0.3 is 19.7 Å². The lowest BCUT2D eigenvalue weighted by molar-refractivity contribution is -0.131. The number of ether oxygens (including phenoxy) is 2. The Balaban J connectivity index is 1.17. The van der Waals surface area contributed by atoms with Crippen LogP contribution in [0.2, 0.25) is 0 Å². The first-order valence-corrected chi connectivity index (χ1v) is 21.1. The lowest BCUT2D eigenvalue weighted by Gasteiger charge is -2.21. The van der Waals surface area contributed by atoms with Crippen LogP contribution < -0.4 is 19.5 Å². The summed E-state index contributed by atoms with van der Waals surface area (Å²) in [7, 11) is -0.405. The Morgan fingerprint density at radius 3 is 2.60 bits per heavy atom. The van der Waals surface area contributed by atoms with Crippen LogP contribution >= 0.6 is 11.3 Å². The summed E-state index contributed by atoms with van der Waals surface area (Å²) in [4.78, 5) is 49.8. The molecule has 14 heteroatoms. The second-order valence-corrected chi connectivity index (χ2v) is 17.8. The molecule has 3 aliphatic rings. The van der Waals surface area contributed by atoms with Gasteiger partial charge in [0.2, 0.25) is 22.3 Å². The number of hydrogen-bond donors (Lipinski definition) is 2. The maximum atomic E-state index is 13.8. The van der Waals surface area contributed by atoms with Crippen LogP contribution in [0.1, 0.15) is 95.7 Å². The van der Waals surface area contributed by atoms with E-state index in [9.17, 15) is 22.8 Å². The Morgan fingerprint density at radius 2 is 1.92 bits per heavy atom. The lowest BCUT2D eigenvalue weighted by atomic mass is 10.0. The van der Waals surface area contributed by atoms with Gasteiger partial charge in [-0.2, -0.15) is 0 Å². The molecule has 2 heterocycles. The molecule has 286 valence electrons. The van der Waals surface area contributed by atoms with Crippen LogP contribution in [0, 0.1) is 11.8 Å². The number of rotatable bonds is 18. The molecule has 3 aliphatic carbocycles. The monoisotopic (exact) mass is 765 g/mol. The second kappa shape index (κ2) is 16.1. The van der Waals surface area contributed by atoms with E-state index in [2.05, 4.69) is 36.2 Å². The van der Waals surface area contributed by atoms with E-state index in [1.54, 1.807) is 30.4 Å². The molecule has 6 rings (SSSR count). The summed E-state index contributed by atoms with van der Waals surface area (Å²) in [6.07, 6.45) is 10.6. The molecule has 3 fully saturated rings. The molecule has 0 radical (unpaired) electrons. The Bertz CT molecular complexity index is 1980. The quantitative estimate of drug-likeness (QED) is 0.0915. The maximum absolute atomic E-state index is 13.8.